The van der Waals surface area contributed by atoms with Gasteiger partial charge in [0.05, 0.1) is 17.3 Å². The Morgan fingerprint density at radius 2 is 2.04 bits per heavy atom. The number of nitrogens with zero attached hydrogens (tertiary/aromatic N) is 5. The summed E-state index contributed by atoms with van der Waals surface area (Å²) in [7, 11) is 0. The fourth-order valence-corrected chi connectivity index (χ4v) is 3.21. The van der Waals surface area contributed by atoms with Crippen molar-refractivity contribution < 1.29 is 0 Å². The van der Waals surface area contributed by atoms with Crippen LogP contribution in [0.1, 0.15) is 13.3 Å². The molecular weight excluding hydrogens is 288 g/mol. The van der Waals surface area contributed by atoms with Gasteiger partial charge in [0.15, 0.2) is 5.65 Å². The molecule has 0 amide bonds. The van der Waals surface area contributed by atoms with E-state index in [0.29, 0.717) is 6.54 Å². The van der Waals surface area contributed by atoms with Crippen LogP contribution in [0.3, 0.4) is 0 Å². The number of fused-ring (bicyclic) bond motifs is 1. The van der Waals surface area contributed by atoms with Crippen LogP contribution in [0, 0.1) is 5.41 Å². The topological polar surface area (TPSA) is 72.9 Å². The summed E-state index contributed by atoms with van der Waals surface area (Å²) >= 11 is 0. The molecule has 1 aliphatic heterocycles. The van der Waals surface area contributed by atoms with E-state index in [4.69, 9.17) is 5.73 Å². The van der Waals surface area contributed by atoms with Crippen LogP contribution in [0.15, 0.2) is 42.9 Å². The van der Waals surface area contributed by atoms with Crippen LogP contribution in [0.25, 0.3) is 16.7 Å². The quantitative estimate of drug-likeness (QED) is 0.801. The van der Waals surface area contributed by atoms with Gasteiger partial charge in [0.2, 0.25) is 0 Å². The summed E-state index contributed by atoms with van der Waals surface area (Å²) < 4.78 is 1.86. The number of anilines is 1. The molecule has 3 aromatic rings. The van der Waals surface area contributed by atoms with E-state index in [1.807, 2.05) is 41.2 Å². The standard InChI is InChI=1S/C17H20N6/c1-17(10-18)7-8-22(11-17)15-14-9-21-23(16(14)20-12-19-15)13-5-3-2-4-6-13/h2-6,9,12H,7-8,10-11,18H2,1H3. The third kappa shape index (κ3) is 2.35. The van der Waals surface area contributed by atoms with Crippen molar-refractivity contribution in [1.29, 1.82) is 0 Å². The highest BCUT2D eigenvalue weighted by Crippen LogP contribution is 2.34. The molecule has 0 saturated carbocycles. The molecule has 6 nitrogen and oxygen atoms in total. The summed E-state index contributed by atoms with van der Waals surface area (Å²) in [5.41, 5.74) is 7.92. The Balaban J connectivity index is 1.77. The largest absolute Gasteiger partial charge is 0.355 e. The zero-order valence-electron chi connectivity index (χ0n) is 13.2. The average molecular weight is 308 g/mol. The lowest BCUT2D eigenvalue weighted by Gasteiger charge is -2.23. The third-order valence-corrected chi connectivity index (χ3v) is 4.70. The van der Waals surface area contributed by atoms with Crippen molar-refractivity contribution >= 4 is 16.9 Å². The lowest BCUT2D eigenvalue weighted by atomic mass is 9.90. The molecule has 4 rings (SSSR count). The van der Waals surface area contributed by atoms with Crippen LogP contribution >= 0.6 is 0 Å². The fourth-order valence-electron chi connectivity index (χ4n) is 3.21. The van der Waals surface area contributed by atoms with E-state index in [2.05, 4.69) is 26.9 Å². The van der Waals surface area contributed by atoms with Gasteiger partial charge in [-0.2, -0.15) is 5.10 Å². The molecule has 0 aliphatic carbocycles. The van der Waals surface area contributed by atoms with Gasteiger partial charge in [0.1, 0.15) is 12.1 Å². The molecular formula is C17H20N6. The van der Waals surface area contributed by atoms with Crippen LogP contribution in [0.4, 0.5) is 5.82 Å². The second kappa shape index (κ2) is 5.31. The molecule has 0 bridgehead atoms. The van der Waals surface area contributed by atoms with E-state index < -0.39 is 0 Å². The number of rotatable bonds is 3. The molecule has 1 saturated heterocycles. The highest BCUT2D eigenvalue weighted by molar-refractivity contribution is 5.87. The Hall–Kier alpha value is -2.47. The van der Waals surface area contributed by atoms with Gasteiger partial charge in [-0.05, 0) is 30.5 Å². The summed E-state index contributed by atoms with van der Waals surface area (Å²) in [5.74, 6) is 0.953. The smallest absolute Gasteiger partial charge is 0.168 e. The van der Waals surface area contributed by atoms with E-state index in [0.717, 1.165) is 42.0 Å². The van der Waals surface area contributed by atoms with Gasteiger partial charge >= 0.3 is 0 Å². The summed E-state index contributed by atoms with van der Waals surface area (Å²) in [6.07, 6.45) is 4.56. The average Bonchev–Trinajstić information content (AvgIpc) is 3.20. The van der Waals surface area contributed by atoms with E-state index in [1.54, 1.807) is 6.33 Å². The number of para-hydroxylation sites is 1. The SMILES string of the molecule is CC1(CN)CCN(c2ncnc3c2cnn3-c2ccccc2)C1. The molecule has 23 heavy (non-hydrogen) atoms. The predicted octanol–water partition coefficient (Wildman–Crippen LogP) is 1.99. The second-order valence-corrected chi connectivity index (χ2v) is 6.51. The van der Waals surface area contributed by atoms with Crippen LogP contribution in [0.2, 0.25) is 0 Å². The lowest BCUT2D eigenvalue weighted by Crippen LogP contribution is -2.31. The molecule has 0 radical (unpaired) electrons. The molecule has 2 aromatic heterocycles. The fraction of sp³-hybridized carbons (Fsp3) is 0.353. The summed E-state index contributed by atoms with van der Waals surface area (Å²) in [6.45, 7) is 4.82. The van der Waals surface area contributed by atoms with Gasteiger partial charge in [-0.1, -0.05) is 25.1 Å². The van der Waals surface area contributed by atoms with Crippen molar-refractivity contribution in [2.24, 2.45) is 11.1 Å². The monoisotopic (exact) mass is 308 g/mol. The van der Waals surface area contributed by atoms with E-state index >= 15 is 0 Å². The predicted molar refractivity (Wildman–Crippen MR) is 90.7 cm³/mol. The minimum atomic E-state index is 0.159. The maximum atomic E-state index is 5.93. The Morgan fingerprint density at radius 3 is 2.78 bits per heavy atom. The van der Waals surface area contributed by atoms with Gasteiger partial charge in [-0.3, -0.25) is 0 Å². The molecule has 1 fully saturated rings. The Morgan fingerprint density at radius 1 is 1.22 bits per heavy atom. The van der Waals surface area contributed by atoms with Crippen LogP contribution < -0.4 is 10.6 Å². The van der Waals surface area contributed by atoms with Crippen LogP contribution in [0.5, 0.6) is 0 Å². The summed E-state index contributed by atoms with van der Waals surface area (Å²) in [6, 6.07) is 10.0. The minimum absolute atomic E-state index is 0.159. The summed E-state index contributed by atoms with van der Waals surface area (Å²) in [5, 5.41) is 5.50. The minimum Gasteiger partial charge on any atom is -0.355 e. The molecule has 0 spiro atoms. The van der Waals surface area contributed by atoms with Gasteiger partial charge in [-0.25, -0.2) is 14.6 Å². The number of hydrogen-bond acceptors (Lipinski definition) is 5. The number of hydrogen-bond donors (Lipinski definition) is 1. The summed E-state index contributed by atoms with van der Waals surface area (Å²) in [4.78, 5) is 11.3. The number of nitrogens with two attached hydrogens (primary N) is 1. The van der Waals surface area contributed by atoms with Gasteiger partial charge < -0.3 is 10.6 Å². The first-order valence-electron chi connectivity index (χ1n) is 7.89. The number of benzene rings is 1. The molecule has 1 atom stereocenters. The maximum Gasteiger partial charge on any atom is 0.168 e. The van der Waals surface area contributed by atoms with Crippen LogP contribution in [-0.2, 0) is 0 Å². The first kappa shape index (κ1) is 14.1. The zero-order chi connectivity index (χ0) is 15.9. The maximum absolute atomic E-state index is 5.93. The van der Waals surface area contributed by atoms with Gasteiger partial charge in [-0.15, -0.1) is 0 Å². The molecule has 3 heterocycles. The molecule has 2 N–H and O–H groups in total. The first-order chi connectivity index (χ1) is 11.2. The first-order valence-corrected chi connectivity index (χ1v) is 7.89. The highest BCUT2D eigenvalue weighted by Gasteiger charge is 2.34. The Bertz CT molecular complexity index is 827. The van der Waals surface area contributed by atoms with Crippen molar-refractivity contribution in [2.45, 2.75) is 13.3 Å². The van der Waals surface area contributed by atoms with Gasteiger partial charge in [0.25, 0.3) is 0 Å². The van der Waals surface area contributed by atoms with Crippen LogP contribution in [-0.4, -0.2) is 39.4 Å². The molecule has 1 aliphatic rings. The van der Waals surface area contributed by atoms with Crippen molar-refractivity contribution in [2.75, 3.05) is 24.5 Å². The normalized spacial score (nSPS) is 21.2. The van der Waals surface area contributed by atoms with E-state index in [1.165, 1.54) is 0 Å². The molecule has 1 aromatic carbocycles. The molecule has 6 heteroatoms. The lowest BCUT2D eigenvalue weighted by molar-refractivity contribution is 0.383. The van der Waals surface area contributed by atoms with Crippen molar-refractivity contribution in [1.82, 2.24) is 19.7 Å². The zero-order valence-corrected chi connectivity index (χ0v) is 13.2. The Kier molecular flexibility index (Phi) is 3.27. The van der Waals surface area contributed by atoms with Crippen molar-refractivity contribution in [3.63, 3.8) is 0 Å². The van der Waals surface area contributed by atoms with Crippen molar-refractivity contribution in [3.05, 3.63) is 42.9 Å². The second-order valence-electron chi connectivity index (χ2n) is 6.51. The van der Waals surface area contributed by atoms with E-state index in [-0.39, 0.29) is 5.41 Å². The molecule has 118 valence electrons. The highest BCUT2D eigenvalue weighted by atomic mass is 15.3. The van der Waals surface area contributed by atoms with Crippen molar-refractivity contribution in [3.8, 4) is 5.69 Å². The van der Waals surface area contributed by atoms with Gasteiger partial charge in [0, 0.05) is 13.1 Å². The van der Waals surface area contributed by atoms with E-state index in [9.17, 15) is 0 Å². The Labute approximate surface area is 135 Å². The molecule has 1 unspecified atom stereocenters. The number of aromatic nitrogens is 4. The third-order valence-electron chi connectivity index (χ3n) is 4.70.